The molecule has 3 nitrogen and oxygen atoms in total. The fourth-order valence-electron chi connectivity index (χ4n) is 0.481. The maximum Gasteiger partial charge on any atom is 0.314 e. The first-order valence-corrected chi connectivity index (χ1v) is 3.20. The first-order chi connectivity index (χ1) is 4.81. The van der Waals surface area contributed by atoms with Crippen LogP contribution in [0.3, 0.4) is 0 Å². The minimum absolute atomic E-state index is 0.156. The fourth-order valence-corrected chi connectivity index (χ4v) is 0.481. The number of terminal acetylenes is 1. The standard InChI is InChI=1S/C7H12N2O/c1-3-4-5-6-9-7(10)8-2/h1H,4-6H2,2H3,(H2,8,9,10). The van der Waals surface area contributed by atoms with Gasteiger partial charge in [0.2, 0.25) is 0 Å². The van der Waals surface area contributed by atoms with E-state index in [0.717, 1.165) is 6.42 Å². The summed E-state index contributed by atoms with van der Waals surface area (Å²) in [6.07, 6.45) is 6.55. The normalized spacial score (nSPS) is 8.00. The van der Waals surface area contributed by atoms with E-state index in [4.69, 9.17) is 6.42 Å². The highest BCUT2D eigenvalue weighted by Crippen LogP contribution is 1.81. The minimum atomic E-state index is -0.156. The van der Waals surface area contributed by atoms with Gasteiger partial charge in [-0.05, 0) is 6.42 Å². The Labute approximate surface area is 61.2 Å². The van der Waals surface area contributed by atoms with E-state index in [1.807, 2.05) is 0 Å². The summed E-state index contributed by atoms with van der Waals surface area (Å²) in [7, 11) is 1.58. The lowest BCUT2D eigenvalue weighted by Crippen LogP contribution is -2.33. The summed E-state index contributed by atoms with van der Waals surface area (Å²) in [6, 6.07) is -0.156. The van der Waals surface area contributed by atoms with Crippen LogP contribution in [0.15, 0.2) is 0 Å². The quantitative estimate of drug-likeness (QED) is 0.430. The Hall–Kier alpha value is -1.17. The van der Waals surface area contributed by atoms with E-state index in [1.54, 1.807) is 7.05 Å². The van der Waals surface area contributed by atoms with E-state index in [-0.39, 0.29) is 6.03 Å². The molecule has 0 saturated heterocycles. The van der Waals surface area contributed by atoms with E-state index in [2.05, 4.69) is 16.6 Å². The first kappa shape index (κ1) is 8.83. The molecule has 0 fully saturated rings. The van der Waals surface area contributed by atoms with Crippen LogP contribution in [-0.4, -0.2) is 19.6 Å². The zero-order valence-electron chi connectivity index (χ0n) is 6.11. The van der Waals surface area contributed by atoms with Crippen LogP contribution in [0.4, 0.5) is 4.79 Å². The third kappa shape index (κ3) is 4.98. The number of unbranched alkanes of at least 4 members (excludes halogenated alkanes) is 1. The molecule has 10 heavy (non-hydrogen) atoms. The molecule has 56 valence electrons. The van der Waals surface area contributed by atoms with Gasteiger partial charge >= 0.3 is 6.03 Å². The molecule has 0 aromatic heterocycles. The molecule has 0 aromatic rings. The first-order valence-electron chi connectivity index (χ1n) is 3.20. The van der Waals surface area contributed by atoms with Gasteiger partial charge in [-0.2, -0.15) is 0 Å². The maximum absolute atomic E-state index is 10.5. The molecule has 0 radical (unpaired) electrons. The van der Waals surface area contributed by atoms with Gasteiger partial charge in [0.15, 0.2) is 0 Å². The average Bonchev–Trinajstić information content (AvgIpc) is 1.98. The number of amides is 2. The minimum Gasteiger partial charge on any atom is -0.341 e. The maximum atomic E-state index is 10.5. The highest BCUT2D eigenvalue weighted by atomic mass is 16.2. The summed E-state index contributed by atoms with van der Waals surface area (Å²) in [5.41, 5.74) is 0. The Morgan fingerprint density at radius 1 is 1.70 bits per heavy atom. The van der Waals surface area contributed by atoms with E-state index >= 15 is 0 Å². The Balaban J connectivity index is 3.05. The third-order valence-electron chi connectivity index (χ3n) is 1.01. The van der Waals surface area contributed by atoms with Gasteiger partial charge in [0.1, 0.15) is 0 Å². The second-order valence-electron chi connectivity index (χ2n) is 1.81. The summed E-state index contributed by atoms with van der Waals surface area (Å²) >= 11 is 0. The average molecular weight is 140 g/mol. The van der Waals surface area contributed by atoms with Crippen molar-refractivity contribution in [1.82, 2.24) is 10.6 Å². The van der Waals surface area contributed by atoms with Crippen LogP contribution < -0.4 is 10.6 Å². The van der Waals surface area contributed by atoms with Gasteiger partial charge in [0.05, 0.1) is 0 Å². The number of urea groups is 1. The monoisotopic (exact) mass is 140 g/mol. The molecule has 0 unspecified atom stereocenters. The zero-order valence-corrected chi connectivity index (χ0v) is 6.11. The number of rotatable bonds is 3. The summed E-state index contributed by atoms with van der Waals surface area (Å²) in [6.45, 7) is 0.643. The fraction of sp³-hybridized carbons (Fsp3) is 0.571. The van der Waals surface area contributed by atoms with Gasteiger partial charge in [-0.25, -0.2) is 4.79 Å². The van der Waals surface area contributed by atoms with Crippen LogP contribution in [0.1, 0.15) is 12.8 Å². The van der Waals surface area contributed by atoms with Gasteiger partial charge in [-0.3, -0.25) is 0 Å². The summed E-state index contributed by atoms with van der Waals surface area (Å²) in [5.74, 6) is 2.49. The van der Waals surface area contributed by atoms with Crippen molar-refractivity contribution in [2.45, 2.75) is 12.8 Å². The number of nitrogens with one attached hydrogen (secondary N) is 2. The van der Waals surface area contributed by atoms with Gasteiger partial charge in [-0.15, -0.1) is 12.3 Å². The van der Waals surface area contributed by atoms with Crippen molar-refractivity contribution in [3.05, 3.63) is 0 Å². The molecule has 3 heteroatoms. The SMILES string of the molecule is C#CCCCNC(=O)NC. The third-order valence-corrected chi connectivity index (χ3v) is 1.01. The Morgan fingerprint density at radius 2 is 2.40 bits per heavy atom. The van der Waals surface area contributed by atoms with Crippen LogP contribution in [0, 0.1) is 12.3 Å². The molecule has 0 aliphatic rings. The van der Waals surface area contributed by atoms with E-state index in [1.165, 1.54) is 0 Å². The molecule has 0 aliphatic heterocycles. The molecule has 0 spiro atoms. The predicted octanol–water partition coefficient (Wildman–Crippen LogP) is 0.329. The lowest BCUT2D eigenvalue weighted by Gasteiger charge is -2.00. The highest BCUT2D eigenvalue weighted by Gasteiger charge is 1.91. The zero-order chi connectivity index (χ0) is 7.82. The largest absolute Gasteiger partial charge is 0.341 e. The van der Waals surface area contributed by atoms with Crippen molar-refractivity contribution in [3.8, 4) is 12.3 Å². The lowest BCUT2D eigenvalue weighted by atomic mass is 10.3. The van der Waals surface area contributed by atoms with Gasteiger partial charge in [-0.1, -0.05) is 0 Å². The van der Waals surface area contributed by atoms with Crippen molar-refractivity contribution in [3.63, 3.8) is 0 Å². The Morgan fingerprint density at radius 3 is 2.90 bits per heavy atom. The second-order valence-corrected chi connectivity index (χ2v) is 1.81. The Kier molecular flexibility index (Phi) is 5.26. The van der Waals surface area contributed by atoms with Crippen molar-refractivity contribution in [1.29, 1.82) is 0 Å². The molecule has 2 amide bonds. The Bertz CT molecular complexity index is 137. The number of hydrogen-bond donors (Lipinski definition) is 2. The molecule has 0 rings (SSSR count). The van der Waals surface area contributed by atoms with Gasteiger partial charge in [0.25, 0.3) is 0 Å². The van der Waals surface area contributed by atoms with Crippen LogP contribution in [0.2, 0.25) is 0 Å². The van der Waals surface area contributed by atoms with Crippen molar-refractivity contribution < 1.29 is 4.79 Å². The topological polar surface area (TPSA) is 41.1 Å². The van der Waals surface area contributed by atoms with Gasteiger partial charge < -0.3 is 10.6 Å². The summed E-state index contributed by atoms with van der Waals surface area (Å²) in [5, 5.41) is 5.06. The van der Waals surface area contributed by atoms with Crippen molar-refractivity contribution in [2.24, 2.45) is 0 Å². The molecule has 0 aromatic carbocycles. The molecule has 0 bridgehead atoms. The molecular weight excluding hydrogens is 128 g/mol. The number of carbonyl (C=O) groups excluding carboxylic acids is 1. The van der Waals surface area contributed by atoms with Crippen LogP contribution in [-0.2, 0) is 0 Å². The van der Waals surface area contributed by atoms with Crippen molar-refractivity contribution in [2.75, 3.05) is 13.6 Å². The lowest BCUT2D eigenvalue weighted by molar-refractivity contribution is 0.243. The van der Waals surface area contributed by atoms with Crippen LogP contribution in [0.25, 0.3) is 0 Å². The van der Waals surface area contributed by atoms with Crippen LogP contribution in [0.5, 0.6) is 0 Å². The van der Waals surface area contributed by atoms with Gasteiger partial charge in [0, 0.05) is 20.0 Å². The molecular formula is C7H12N2O. The van der Waals surface area contributed by atoms with E-state index in [0.29, 0.717) is 13.0 Å². The molecule has 0 atom stereocenters. The highest BCUT2D eigenvalue weighted by molar-refractivity contribution is 5.73. The molecule has 2 N–H and O–H groups in total. The number of hydrogen-bond acceptors (Lipinski definition) is 1. The molecule has 0 saturated carbocycles. The van der Waals surface area contributed by atoms with Crippen molar-refractivity contribution >= 4 is 6.03 Å². The predicted molar refractivity (Wildman–Crippen MR) is 40.5 cm³/mol. The number of carbonyl (C=O) groups is 1. The van der Waals surface area contributed by atoms with Crippen LogP contribution >= 0.6 is 0 Å². The molecule has 0 aliphatic carbocycles. The van der Waals surface area contributed by atoms with E-state index in [9.17, 15) is 4.79 Å². The summed E-state index contributed by atoms with van der Waals surface area (Å²) in [4.78, 5) is 10.5. The summed E-state index contributed by atoms with van der Waals surface area (Å²) < 4.78 is 0. The van der Waals surface area contributed by atoms with E-state index < -0.39 is 0 Å². The molecule has 0 heterocycles. The smallest absolute Gasteiger partial charge is 0.314 e. The second kappa shape index (κ2) is 5.96.